The number of benzene rings is 3. The summed E-state index contributed by atoms with van der Waals surface area (Å²) >= 11 is 6.04. The molecule has 32 heavy (non-hydrogen) atoms. The number of amides is 1. The van der Waals surface area contributed by atoms with Crippen molar-refractivity contribution in [1.82, 2.24) is 4.98 Å². The molecule has 4 aromatic rings. The first kappa shape index (κ1) is 21.0. The number of hydrogen-bond acceptors (Lipinski definition) is 3. The van der Waals surface area contributed by atoms with Crippen LogP contribution in [0.5, 0.6) is 0 Å². The quantitative estimate of drug-likeness (QED) is 0.292. The van der Waals surface area contributed by atoms with E-state index in [1.165, 1.54) is 6.08 Å². The van der Waals surface area contributed by atoms with E-state index in [1.807, 2.05) is 72.8 Å². The molecule has 1 aromatic heterocycles. The second-order valence-corrected chi connectivity index (χ2v) is 7.47. The van der Waals surface area contributed by atoms with Crippen LogP contribution < -0.4 is 5.32 Å². The van der Waals surface area contributed by atoms with Gasteiger partial charge in [0.15, 0.2) is 0 Å². The van der Waals surface area contributed by atoms with Crippen molar-refractivity contribution in [3.63, 3.8) is 0 Å². The van der Waals surface area contributed by atoms with Crippen LogP contribution in [0.3, 0.4) is 0 Å². The number of allylic oxidation sites excluding steroid dienone is 2. The van der Waals surface area contributed by atoms with E-state index >= 15 is 0 Å². The molecule has 3 aromatic carbocycles. The van der Waals surface area contributed by atoms with E-state index in [1.54, 1.807) is 24.5 Å². The fourth-order valence-electron chi connectivity index (χ4n) is 3.38. The maximum atomic E-state index is 12.6. The van der Waals surface area contributed by atoms with Gasteiger partial charge in [-0.15, -0.1) is 0 Å². The molecule has 0 fully saturated rings. The van der Waals surface area contributed by atoms with Gasteiger partial charge in [-0.2, -0.15) is 5.26 Å². The number of hydrogen-bond donors (Lipinski definition) is 1. The Bertz CT molecular complexity index is 1380. The number of rotatable bonds is 5. The van der Waals surface area contributed by atoms with Crippen molar-refractivity contribution in [2.45, 2.75) is 0 Å². The Hall–Kier alpha value is -4.20. The number of carbonyl (C=O) groups excluding carboxylic acids is 1. The van der Waals surface area contributed by atoms with Crippen molar-refractivity contribution in [2.75, 3.05) is 5.32 Å². The number of carbonyl (C=O) groups is 1. The van der Waals surface area contributed by atoms with Crippen molar-refractivity contribution >= 4 is 39.5 Å². The molecule has 4 rings (SSSR count). The summed E-state index contributed by atoms with van der Waals surface area (Å²) in [6, 6.07) is 24.5. The molecule has 1 heterocycles. The Balaban J connectivity index is 1.62. The van der Waals surface area contributed by atoms with E-state index in [2.05, 4.69) is 16.4 Å². The average molecular weight is 436 g/mol. The Morgan fingerprint density at radius 3 is 2.62 bits per heavy atom. The minimum Gasteiger partial charge on any atom is -0.322 e. The molecule has 5 heteroatoms. The molecule has 0 radical (unpaired) electrons. The summed E-state index contributed by atoms with van der Waals surface area (Å²) < 4.78 is 0. The zero-order valence-corrected chi connectivity index (χ0v) is 17.8. The zero-order chi connectivity index (χ0) is 22.3. The Morgan fingerprint density at radius 2 is 1.81 bits per heavy atom. The number of nitrogens with zero attached hydrogens (tertiary/aromatic N) is 2. The number of halogens is 1. The molecule has 0 spiro atoms. The lowest BCUT2D eigenvalue weighted by Crippen LogP contribution is -2.08. The molecule has 154 valence electrons. The van der Waals surface area contributed by atoms with Crippen LogP contribution >= 0.6 is 11.6 Å². The highest BCUT2D eigenvalue weighted by atomic mass is 35.5. The first-order chi connectivity index (χ1) is 15.6. The van der Waals surface area contributed by atoms with E-state index in [9.17, 15) is 10.1 Å². The second-order valence-electron chi connectivity index (χ2n) is 7.03. The van der Waals surface area contributed by atoms with Crippen molar-refractivity contribution in [1.29, 1.82) is 5.26 Å². The van der Waals surface area contributed by atoms with Gasteiger partial charge >= 0.3 is 0 Å². The molecule has 0 saturated heterocycles. The molecule has 1 N–H and O–H groups in total. The Labute approximate surface area is 191 Å². The number of anilines is 1. The normalized spacial score (nSPS) is 11.4. The average Bonchev–Trinajstić information content (AvgIpc) is 2.83. The predicted molar refractivity (Wildman–Crippen MR) is 129 cm³/mol. The molecule has 0 bridgehead atoms. The van der Waals surface area contributed by atoms with Gasteiger partial charge in [-0.25, -0.2) is 0 Å². The summed E-state index contributed by atoms with van der Waals surface area (Å²) in [5.74, 6) is -0.244. The summed E-state index contributed by atoms with van der Waals surface area (Å²) in [6.07, 6.45) is 8.49. The Kier molecular flexibility index (Phi) is 6.41. The fraction of sp³-hybridized carbons (Fsp3) is 0. The van der Waals surface area contributed by atoms with Crippen LogP contribution in [0.2, 0.25) is 5.02 Å². The highest BCUT2D eigenvalue weighted by molar-refractivity contribution is 6.30. The van der Waals surface area contributed by atoms with Gasteiger partial charge in [-0.05, 0) is 53.1 Å². The zero-order valence-electron chi connectivity index (χ0n) is 17.0. The molecule has 0 aliphatic rings. The standard InChI is InChI=1S/C27H18ClN3O/c28-23-12-10-20(11-13-23)24(21-5-1-4-19(16-21)17-29)7-3-9-27(32)31-26-8-2-6-22-18-30-15-14-25(22)26/h1-16,18H,(H,31,32). The molecule has 0 aliphatic heterocycles. The largest absolute Gasteiger partial charge is 0.322 e. The van der Waals surface area contributed by atoms with E-state index in [4.69, 9.17) is 11.6 Å². The third-order valence-electron chi connectivity index (χ3n) is 4.91. The first-order valence-electron chi connectivity index (χ1n) is 9.92. The van der Waals surface area contributed by atoms with Crippen LogP contribution in [-0.2, 0) is 4.79 Å². The summed E-state index contributed by atoms with van der Waals surface area (Å²) in [5.41, 5.74) is 3.96. The predicted octanol–water partition coefficient (Wildman–Crippen LogP) is 6.39. The van der Waals surface area contributed by atoms with Gasteiger partial charge in [-0.1, -0.05) is 60.2 Å². The van der Waals surface area contributed by atoms with Gasteiger partial charge in [0.05, 0.1) is 11.6 Å². The van der Waals surface area contributed by atoms with Gasteiger partial charge in [0.25, 0.3) is 0 Å². The van der Waals surface area contributed by atoms with Gasteiger partial charge in [-0.3, -0.25) is 9.78 Å². The summed E-state index contributed by atoms with van der Waals surface area (Å²) in [4.78, 5) is 16.7. The first-order valence-corrected chi connectivity index (χ1v) is 10.3. The Morgan fingerprint density at radius 1 is 1.00 bits per heavy atom. The lowest BCUT2D eigenvalue weighted by atomic mass is 9.96. The maximum Gasteiger partial charge on any atom is 0.248 e. The molecule has 0 aliphatic carbocycles. The van der Waals surface area contributed by atoms with E-state index in [0.717, 1.165) is 33.2 Å². The molecule has 0 atom stereocenters. The van der Waals surface area contributed by atoms with Crippen LogP contribution in [0.4, 0.5) is 5.69 Å². The number of nitrogens with one attached hydrogen (secondary N) is 1. The third kappa shape index (κ3) is 4.92. The van der Waals surface area contributed by atoms with Gasteiger partial charge in [0.1, 0.15) is 0 Å². The molecular formula is C27H18ClN3O. The maximum absolute atomic E-state index is 12.6. The van der Waals surface area contributed by atoms with Crippen molar-refractivity contribution in [3.8, 4) is 6.07 Å². The van der Waals surface area contributed by atoms with E-state index < -0.39 is 0 Å². The topological polar surface area (TPSA) is 65.8 Å². The fourth-order valence-corrected chi connectivity index (χ4v) is 3.51. The van der Waals surface area contributed by atoms with E-state index in [0.29, 0.717) is 10.6 Å². The summed E-state index contributed by atoms with van der Waals surface area (Å²) in [6.45, 7) is 0. The lowest BCUT2D eigenvalue weighted by Gasteiger charge is -2.09. The van der Waals surface area contributed by atoms with Crippen LogP contribution in [0.1, 0.15) is 16.7 Å². The molecule has 1 amide bonds. The highest BCUT2D eigenvalue weighted by Crippen LogP contribution is 2.26. The smallest absolute Gasteiger partial charge is 0.248 e. The number of fused-ring (bicyclic) bond motifs is 1. The molecule has 4 nitrogen and oxygen atoms in total. The third-order valence-corrected chi connectivity index (χ3v) is 5.16. The van der Waals surface area contributed by atoms with E-state index in [-0.39, 0.29) is 5.91 Å². The highest BCUT2D eigenvalue weighted by Gasteiger charge is 2.07. The van der Waals surface area contributed by atoms with Gasteiger partial charge in [0.2, 0.25) is 5.91 Å². The minimum absolute atomic E-state index is 0.244. The number of pyridine rings is 1. The second kappa shape index (κ2) is 9.74. The molecule has 0 saturated carbocycles. The SMILES string of the molecule is N#Cc1cccc(C(=CC=CC(=O)Nc2cccc3cnccc23)c2ccc(Cl)cc2)c1. The van der Waals surface area contributed by atoms with Crippen LogP contribution in [0, 0.1) is 11.3 Å². The van der Waals surface area contributed by atoms with Gasteiger partial charge < -0.3 is 5.32 Å². The molecular weight excluding hydrogens is 418 g/mol. The minimum atomic E-state index is -0.244. The van der Waals surface area contributed by atoms with Crippen molar-refractivity contribution in [2.24, 2.45) is 0 Å². The number of nitriles is 1. The van der Waals surface area contributed by atoms with Crippen molar-refractivity contribution < 1.29 is 4.79 Å². The van der Waals surface area contributed by atoms with Crippen molar-refractivity contribution in [3.05, 3.63) is 125 Å². The van der Waals surface area contributed by atoms with Crippen LogP contribution in [0.25, 0.3) is 16.3 Å². The van der Waals surface area contributed by atoms with Crippen LogP contribution in [0.15, 0.2) is 103 Å². The van der Waals surface area contributed by atoms with Gasteiger partial charge in [0, 0.05) is 40.0 Å². The lowest BCUT2D eigenvalue weighted by molar-refractivity contribution is -0.111. The summed E-state index contributed by atoms with van der Waals surface area (Å²) in [7, 11) is 0. The van der Waals surface area contributed by atoms with Crippen LogP contribution in [-0.4, -0.2) is 10.9 Å². The summed E-state index contributed by atoms with van der Waals surface area (Å²) in [5, 5.41) is 14.7. The number of aromatic nitrogens is 1. The monoisotopic (exact) mass is 435 g/mol. The molecule has 0 unspecified atom stereocenters.